The third-order valence-corrected chi connectivity index (χ3v) is 9.44. The van der Waals surface area contributed by atoms with E-state index in [9.17, 15) is 0 Å². The smallest absolute Gasteiger partial charge is 0.160 e. The summed E-state index contributed by atoms with van der Waals surface area (Å²) in [7, 11) is 0. The van der Waals surface area contributed by atoms with Crippen molar-refractivity contribution in [3.8, 4) is 67.5 Å². The molecule has 4 heteroatoms. The normalized spacial score (nSPS) is 11.2. The van der Waals surface area contributed by atoms with E-state index in [1.807, 2.05) is 42.5 Å². The van der Waals surface area contributed by atoms with Gasteiger partial charge < -0.3 is 0 Å². The Kier molecular flexibility index (Phi) is 7.67. The zero-order valence-corrected chi connectivity index (χ0v) is 28.0. The highest BCUT2D eigenvalue weighted by atomic mass is 14.9. The fraction of sp³-hybridized carbons (Fsp3) is 0.0213. The molecule has 0 aliphatic heterocycles. The van der Waals surface area contributed by atoms with Gasteiger partial charge in [0.2, 0.25) is 0 Å². The van der Waals surface area contributed by atoms with Gasteiger partial charge >= 0.3 is 0 Å². The number of benzene rings is 6. The second kappa shape index (κ2) is 12.9. The second-order valence-electron chi connectivity index (χ2n) is 12.8. The van der Waals surface area contributed by atoms with E-state index in [1.165, 1.54) is 5.56 Å². The summed E-state index contributed by atoms with van der Waals surface area (Å²) in [5, 5.41) is 2.20. The van der Waals surface area contributed by atoms with Crippen LogP contribution in [0.5, 0.6) is 0 Å². The Morgan fingerprint density at radius 1 is 0.314 bits per heavy atom. The van der Waals surface area contributed by atoms with Gasteiger partial charge in [-0.2, -0.15) is 0 Å². The van der Waals surface area contributed by atoms with Crippen molar-refractivity contribution in [3.05, 3.63) is 181 Å². The van der Waals surface area contributed by atoms with E-state index in [1.54, 1.807) is 0 Å². The molecule has 0 fully saturated rings. The van der Waals surface area contributed by atoms with Crippen LogP contribution in [0.2, 0.25) is 0 Å². The molecule has 0 radical (unpaired) electrons. The Morgan fingerprint density at radius 2 is 0.745 bits per heavy atom. The number of fused-ring (bicyclic) bond motifs is 3. The molecule has 0 bridgehead atoms. The number of aryl methyl sites for hydroxylation is 1. The van der Waals surface area contributed by atoms with Crippen LogP contribution in [0.25, 0.3) is 89.4 Å². The van der Waals surface area contributed by atoms with Crippen LogP contribution in [0, 0.1) is 6.92 Å². The molecule has 9 aromatic rings. The lowest BCUT2D eigenvalue weighted by Gasteiger charge is -2.11. The zero-order valence-electron chi connectivity index (χ0n) is 28.0. The average molecular weight is 653 g/mol. The molecule has 0 amide bonds. The summed E-state index contributed by atoms with van der Waals surface area (Å²) in [6, 6.07) is 60.8. The zero-order chi connectivity index (χ0) is 34.1. The fourth-order valence-electron chi connectivity index (χ4n) is 6.69. The van der Waals surface area contributed by atoms with Gasteiger partial charge in [0.05, 0.1) is 33.8 Å². The first-order chi connectivity index (χ1) is 25.2. The van der Waals surface area contributed by atoms with Gasteiger partial charge in [0.1, 0.15) is 0 Å². The van der Waals surface area contributed by atoms with Crippen LogP contribution in [-0.2, 0) is 0 Å². The molecule has 0 saturated heterocycles. The molecule has 3 aromatic heterocycles. The molecule has 240 valence electrons. The summed E-state index contributed by atoms with van der Waals surface area (Å²) < 4.78 is 0. The van der Waals surface area contributed by atoms with Gasteiger partial charge in [0.15, 0.2) is 5.82 Å². The van der Waals surface area contributed by atoms with Crippen molar-refractivity contribution in [2.45, 2.75) is 6.92 Å². The molecule has 0 N–H and O–H groups in total. The molecule has 0 saturated carbocycles. The SMILES string of the molecule is Cc1cc(-c2ccccc2)nc2c1ccc1ccc(-c3ccc(-c4ccc(-c5cc(-c6ccccc6)nc(-c6ccccc6)n5)cc4)cc3)nc12. The highest BCUT2D eigenvalue weighted by molar-refractivity contribution is 6.05. The summed E-state index contributed by atoms with van der Waals surface area (Å²) in [4.78, 5) is 20.2. The summed E-state index contributed by atoms with van der Waals surface area (Å²) in [5.41, 5.74) is 14.2. The van der Waals surface area contributed by atoms with Gasteiger partial charge in [-0.3, -0.25) is 0 Å². The molecular weight excluding hydrogens is 621 g/mol. The van der Waals surface area contributed by atoms with Gasteiger partial charge in [-0.1, -0.05) is 158 Å². The van der Waals surface area contributed by atoms with Gasteiger partial charge in [0, 0.05) is 38.6 Å². The standard InChI is InChI=1S/C47H32N4/c1-31-29-42(34-11-5-2-6-12-34)49-46-40(31)27-25-38-26-28-41(48-45(38)46)36-21-17-32(18-22-36)33-19-23-37(24-20-33)44-30-43(35-13-7-3-8-14-35)50-47(51-44)39-15-9-4-10-16-39/h2-30H,1H3. The minimum atomic E-state index is 0.712. The predicted octanol–water partition coefficient (Wildman–Crippen LogP) is 11.9. The first kappa shape index (κ1) is 30.3. The maximum atomic E-state index is 5.18. The molecule has 0 aliphatic rings. The van der Waals surface area contributed by atoms with Gasteiger partial charge in [-0.25, -0.2) is 19.9 Å². The largest absolute Gasteiger partial charge is 0.245 e. The van der Waals surface area contributed by atoms with Gasteiger partial charge in [-0.05, 0) is 41.8 Å². The highest BCUT2D eigenvalue weighted by Gasteiger charge is 2.13. The summed E-state index contributed by atoms with van der Waals surface area (Å²) >= 11 is 0. The lowest BCUT2D eigenvalue weighted by atomic mass is 9.99. The second-order valence-corrected chi connectivity index (χ2v) is 12.8. The van der Waals surface area contributed by atoms with E-state index in [4.69, 9.17) is 19.9 Å². The maximum Gasteiger partial charge on any atom is 0.160 e. The minimum absolute atomic E-state index is 0.712. The maximum absolute atomic E-state index is 5.18. The number of pyridine rings is 2. The lowest BCUT2D eigenvalue weighted by molar-refractivity contribution is 1.18. The van der Waals surface area contributed by atoms with Crippen molar-refractivity contribution >= 4 is 21.8 Å². The van der Waals surface area contributed by atoms with Crippen molar-refractivity contribution in [2.24, 2.45) is 0 Å². The van der Waals surface area contributed by atoms with Crippen LogP contribution in [0.3, 0.4) is 0 Å². The Bertz CT molecular complexity index is 2600. The van der Waals surface area contributed by atoms with Crippen molar-refractivity contribution < 1.29 is 0 Å². The predicted molar refractivity (Wildman–Crippen MR) is 210 cm³/mol. The quantitative estimate of drug-likeness (QED) is 0.168. The van der Waals surface area contributed by atoms with E-state index in [2.05, 4.69) is 140 Å². The third-order valence-electron chi connectivity index (χ3n) is 9.44. The van der Waals surface area contributed by atoms with Crippen LogP contribution in [0.4, 0.5) is 0 Å². The fourth-order valence-corrected chi connectivity index (χ4v) is 6.69. The van der Waals surface area contributed by atoms with E-state index in [0.717, 1.165) is 83.5 Å². The number of aromatic nitrogens is 4. The molecule has 0 spiro atoms. The molecule has 3 heterocycles. The van der Waals surface area contributed by atoms with E-state index >= 15 is 0 Å². The van der Waals surface area contributed by atoms with Crippen molar-refractivity contribution in [3.63, 3.8) is 0 Å². The Morgan fingerprint density at radius 3 is 1.31 bits per heavy atom. The molecule has 0 atom stereocenters. The molecule has 0 aliphatic carbocycles. The first-order valence-corrected chi connectivity index (χ1v) is 17.1. The Hall–Kier alpha value is -6.78. The number of nitrogens with zero attached hydrogens (tertiary/aromatic N) is 4. The molecular formula is C47H32N4. The van der Waals surface area contributed by atoms with Crippen LogP contribution in [-0.4, -0.2) is 19.9 Å². The van der Waals surface area contributed by atoms with Gasteiger partial charge in [0.25, 0.3) is 0 Å². The summed E-state index contributed by atoms with van der Waals surface area (Å²) in [6.45, 7) is 2.15. The van der Waals surface area contributed by atoms with Crippen molar-refractivity contribution in [2.75, 3.05) is 0 Å². The third kappa shape index (κ3) is 5.94. The van der Waals surface area contributed by atoms with E-state index in [0.29, 0.717) is 5.82 Å². The minimum Gasteiger partial charge on any atom is -0.245 e. The van der Waals surface area contributed by atoms with Crippen LogP contribution < -0.4 is 0 Å². The molecule has 9 rings (SSSR count). The average Bonchev–Trinajstić information content (AvgIpc) is 3.21. The molecule has 51 heavy (non-hydrogen) atoms. The Labute approximate surface area is 296 Å². The number of rotatable bonds is 6. The molecule has 4 nitrogen and oxygen atoms in total. The number of hydrogen-bond acceptors (Lipinski definition) is 4. The Balaban J connectivity index is 1.03. The number of hydrogen-bond donors (Lipinski definition) is 0. The van der Waals surface area contributed by atoms with Crippen LogP contribution in [0.15, 0.2) is 176 Å². The van der Waals surface area contributed by atoms with Crippen molar-refractivity contribution in [1.29, 1.82) is 0 Å². The lowest BCUT2D eigenvalue weighted by Crippen LogP contribution is -1.95. The monoisotopic (exact) mass is 652 g/mol. The van der Waals surface area contributed by atoms with Crippen molar-refractivity contribution in [1.82, 2.24) is 19.9 Å². The van der Waals surface area contributed by atoms with Gasteiger partial charge in [-0.15, -0.1) is 0 Å². The summed E-state index contributed by atoms with van der Waals surface area (Å²) in [6.07, 6.45) is 0. The highest BCUT2D eigenvalue weighted by Crippen LogP contribution is 2.33. The van der Waals surface area contributed by atoms with E-state index < -0.39 is 0 Å². The molecule has 6 aromatic carbocycles. The molecule has 0 unspecified atom stereocenters. The van der Waals surface area contributed by atoms with E-state index in [-0.39, 0.29) is 0 Å². The topological polar surface area (TPSA) is 51.6 Å². The first-order valence-electron chi connectivity index (χ1n) is 17.1. The van der Waals surface area contributed by atoms with Crippen LogP contribution >= 0.6 is 0 Å². The summed E-state index contributed by atoms with van der Waals surface area (Å²) in [5.74, 6) is 0.712. The van der Waals surface area contributed by atoms with Crippen LogP contribution in [0.1, 0.15) is 5.56 Å².